The van der Waals surface area contributed by atoms with Gasteiger partial charge in [-0.1, -0.05) is 19.1 Å². The van der Waals surface area contributed by atoms with E-state index in [-0.39, 0.29) is 28.8 Å². The molecule has 2 rings (SSSR count). The third-order valence-electron chi connectivity index (χ3n) is 3.63. The van der Waals surface area contributed by atoms with E-state index >= 15 is 0 Å². The summed E-state index contributed by atoms with van der Waals surface area (Å²) >= 11 is 0. The van der Waals surface area contributed by atoms with E-state index in [2.05, 4.69) is 10.3 Å². The number of alkyl halides is 3. The minimum atomic E-state index is -4.52. The quantitative estimate of drug-likeness (QED) is 0.815. The van der Waals surface area contributed by atoms with Gasteiger partial charge >= 0.3 is 6.18 Å². The van der Waals surface area contributed by atoms with Crippen LogP contribution in [0.25, 0.3) is 0 Å². The fourth-order valence-electron chi connectivity index (χ4n) is 2.06. The third kappa shape index (κ3) is 4.04. The van der Waals surface area contributed by atoms with Gasteiger partial charge in [0.05, 0.1) is 5.56 Å². The van der Waals surface area contributed by atoms with Gasteiger partial charge in [-0.2, -0.15) is 13.2 Å². The Morgan fingerprint density at radius 3 is 2.54 bits per heavy atom. The summed E-state index contributed by atoms with van der Waals surface area (Å²) in [7, 11) is 0. The van der Waals surface area contributed by atoms with Crippen molar-refractivity contribution in [1.82, 2.24) is 10.3 Å². The molecule has 4 nitrogen and oxygen atoms in total. The Labute approximate surface area is 137 Å². The van der Waals surface area contributed by atoms with Crippen molar-refractivity contribution in [2.24, 2.45) is 0 Å². The van der Waals surface area contributed by atoms with Crippen molar-refractivity contribution >= 4 is 11.7 Å². The first-order valence-electron chi connectivity index (χ1n) is 7.43. The number of aromatic nitrogens is 1. The van der Waals surface area contributed by atoms with Crippen LogP contribution in [0.5, 0.6) is 0 Å². The molecule has 1 unspecified atom stereocenters. The van der Waals surface area contributed by atoms with E-state index in [0.717, 1.165) is 18.6 Å². The first kappa shape index (κ1) is 17.8. The molecule has 0 bridgehead atoms. The molecule has 1 heterocycles. The first-order valence-corrected chi connectivity index (χ1v) is 7.43. The molecule has 24 heavy (non-hydrogen) atoms. The van der Waals surface area contributed by atoms with E-state index in [1.165, 1.54) is 24.4 Å². The lowest BCUT2D eigenvalue weighted by Crippen LogP contribution is -2.32. The molecule has 1 atom stereocenters. The van der Waals surface area contributed by atoms with Crippen LogP contribution >= 0.6 is 0 Å². The lowest BCUT2D eigenvalue weighted by molar-refractivity contribution is -0.137. The Balaban J connectivity index is 2.21. The summed E-state index contributed by atoms with van der Waals surface area (Å²) in [6, 6.07) is 5.50. The standard InChI is InChI=1S/C17H17F3N2O2/c1-3-10(2)22-16(24)14-8-12(9-21-14)15(23)11-5-4-6-13(7-11)17(18,19)20/h4-10,21H,3H2,1-2H3,(H,22,24). The second-order valence-electron chi connectivity index (χ2n) is 5.49. The van der Waals surface area contributed by atoms with E-state index < -0.39 is 17.5 Å². The molecule has 1 amide bonds. The van der Waals surface area contributed by atoms with Gasteiger partial charge in [0.15, 0.2) is 5.78 Å². The number of aromatic amines is 1. The molecule has 1 aromatic heterocycles. The van der Waals surface area contributed by atoms with E-state index in [9.17, 15) is 22.8 Å². The summed E-state index contributed by atoms with van der Waals surface area (Å²) in [5, 5.41) is 2.74. The van der Waals surface area contributed by atoms with Crippen molar-refractivity contribution in [2.45, 2.75) is 32.5 Å². The predicted octanol–water partition coefficient (Wildman–Crippen LogP) is 3.79. The SMILES string of the molecule is CCC(C)NC(=O)c1cc(C(=O)c2cccc(C(F)(F)F)c2)c[nH]1. The van der Waals surface area contributed by atoms with Crippen LogP contribution in [0, 0.1) is 0 Å². The number of amides is 1. The van der Waals surface area contributed by atoms with Crippen molar-refractivity contribution in [1.29, 1.82) is 0 Å². The fourth-order valence-corrected chi connectivity index (χ4v) is 2.06. The van der Waals surface area contributed by atoms with Crippen LogP contribution < -0.4 is 5.32 Å². The molecule has 7 heteroatoms. The Bertz CT molecular complexity index is 750. The van der Waals surface area contributed by atoms with E-state index in [4.69, 9.17) is 0 Å². The molecule has 0 radical (unpaired) electrons. The van der Waals surface area contributed by atoms with Crippen molar-refractivity contribution < 1.29 is 22.8 Å². The monoisotopic (exact) mass is 338 g/mol. The highest BCUT2D eigenvalue weighted by Crippen LogP contribution is 2.30. The van der Waals surface area contributed by atoms with Crippen LogP contribution in [0.3, 0.4) is 0 Å². The van der Waals surface area contributed by atoms with Crippen molar-refractivity contribution in [3.05, 3.63) is 58.9 Å². The zero-order valence-electron chi connectivity index (χ0n) is 13.2. The zero-order chi connectivity index (χ0) is 17.9. The Morgan fingerprint density at radius 1 is 1.21 bits per heavy atom. The molecule has 0 fully saturated rings. The normalized spacial score (nSPS) is 12.7. The molecule has 0 spiro atoms. The highest BCUT2D eigenvalue weighted by atomic mass is 19.4. The summed E-state index contributed by atoms with van der Waals surface area (Å²) < 4.78 is 38.2. The first-order chi connectivity index (χ1) is 11.2. The molecule has 128 valence electrons. The maximum Gasteiger partial charge on any atom is 0.416 e. The fraction of sp³-hybridized carbons (Fsp3) is 0.294. The lowest BCUT2D eigenvalue weighted by atomic mass is 10.0. The molecular formula is C17H17F3N2O2. The number of carbonyl (C=O) groups is 2. The summed E-state index contributed by atoms with van der Waals surface area (Å²) in [6.45, 7) is 3.76. The largest absolute Gasteiger partial charge is 0.416 e. The number of rotatable bonds is 5. The molecule has 0 aliphatic rings. The van der Waals surface area contributed by atoms with Crippen molar-refractivity contribution in [3.63, 3.8) is 0 Å². The van der Waals surface area contributed by atoms with Gasteiger partial charge in [-0.05, 0) is 31.5 Å². The second-order valence-corrected chi connectivity index (χ2v) is 5.49. The molecule has 0 aliphatic heterocycles. The van der Waals surface area contributed by atoms with Crippen molar-refractivity contribution in [2.75, 3.05) is 0 Å². The molecule has 0 saturated heterocycles. The highest BCUT2D eigenvalue weighted by Gasteiger charge is 2.31. The van der Waals surface area contributed by atoms with Crippen LogP contribution in [0.1, 0.15) is 52.2 Å². The van der Waals surface area contributed by atoms with Crippen LogP contribution in [-0.2, 0) is 6.18 Å². The van der Waals surface area contributed by atoms with Crippen LogP contribution in [0.4, 0.5) is 13.2 Å². The smallest absolute Gasteiger partial charge is 0.356 e. The van der Waals surface area contributed by atoms with Gasteiger partial charge in [0.2, 0.25) is 0 Å². The number of hydrogen-bond acceptors (Lipinski definition) is 2. The van der Waals surface area contributed by atoms with Crippen LogP contribution in [-0.4, -0.2) is 22.7 Å². The number of nitrogens with one attached hydrogen (secondary N) is 2. The minimum absolute atomic E-state index is 0.0246. The number of carbonyl (C=O) groups excluding carboxylic acids is 2. The summed E-state index contributed by atoms with van der Waals surface area (Å²) in [6.07, 6.45) is -2.45. The summed E-state index contributed by atoms with van der Waals surface area (Å²) in [5.41, 5.74) is -0.661. The van der Waals surface area contributed by atoms with Gasteiger partial charge < -0.3 is 10.3 Å². The molecule has 1 aromatic carbocycles. The average molecular weight is 338 g/mol. The number of ketones is 1. The Kier molecular flexibility index (Phi) is 5.11. The number of benzene rings is 1. The van der Waals surface area contributed by atoms with E-state index in [1.807, 2.05) is 13.8 Å². The second kappa shape index (κ2) is 6.90. The van der Waals surface area contributed by atoms with Gasteiger partial charge in [-0.3, -0.25) is 9.59 Å². The minimum Gasteiger partial charge on any atom is -0.356 e. The molecule has 2 aromatic rings. The van der Waals surface area contributed by atoms with E-state index in [0.29, 0.717) is 0 Å². The average Bonchev–Trinajstić information content (AvgIpc) is 3.03. The lowest BCUT2D eigenvalue weighted by Gasteiger charge is -2.09. The van der Waals surface area contributed by atoms with Crippen molar-refractivity contribution in [3.8, 4) is 0 Å². The molecule has 0 aliphatic carbocycles. The van der Waals surface area contributed by atoms with Gasteiger partial charge in [-0.15, -0.1) is 0 Å². The number of hydrogen-bond donors (Lipinski definition) is 2. The maximum atomic E-state index is 12.7. The number of halogens is 3. The molecule has 2 N–H and O–H groups in total. The highest BCUT2D eigenvalue weighted by molar-refractivity contribution is 6.10. The zero-order valence-corrected chi connectivity index (χ0v) is 13.2. The predicted molar refractivity (Wildman–Crippen MR) is 82.9 cm³/mol. The van der Waals surface area contributed by atoms with Gasteiger partial charge in [0, 0.05) is 23.4 Å². The topological polar surface area (TPSA) is 62.0 Å². The van der Waals surface area contributed by atoms with Gasteiger partial charge in [0.1, 0.15) is 5.69 Å². The third-order valence-corrected chi connectivity index (χ3v) is 3.63. The van der Waals surface area contributed by atoms with Gasteiger partial charge in [0.25, 0.3) is 5.91 Å². The Hall–Kier alpha value is -2.57. The van der Waals surface area contributed by atoms with Crippen LogP contribution in [0.2, 0.25) is 0 Å². The van der Waals surface area contributed by atoms with Crippen LogP contribution in [0.15, 0.2) is 36.5 Å². The van der Waals surface area contributed by atoms with E-state index in [1.54, 1.807) is 0 Å². The number of H-pyrrole nitrogens is 1. The molecular weight excluding hydrogens is 321 g/mol. The summed E-state index contributed by atoms with van der Waals surface area (Å²) in [5.74, 6) is -0.951. The summed E-state index contributed by atoms with van der Waals surface area (Å²) in [4.78, 5) is 27.0. The van der Waals surface area contributed by atoms with Gasteiger partial charge in [-0.25, -0.2) is 0 Å². The molecule has 0 saturated carbocycles. The Morgan fingerprint density at radius 2 is 1.92 bits per heavy atom. The maximum absolute atomic E-state index is 12.7.